The summed E-state index contributed by atoms with van der Waals surface area (Å²) in [5.41, 5.74) is 2.03. The van der Waals surface area contributed by atoms with Crippen molar-refractivity contribution in [2.75, 3.05) is 7.11 Å². The number of carbonyl (C=O) groups excluding carboxylic acids is 1. The summed E-state index contributed by atoms with van der Waals surface area (Å²) < 4.78 is 5.09. The van der Waals surface area contributed by atoms with Crippen LogP contribution in [0.25, 0.3) is 11.3 Å². The molecule has 0 saturated heterocycles. The highest BCUT2D eigenvalue weighted by Gasteiger charge is 2.33. The molecule has 0 fully saturated rings. The molecule has 5 nitrogen and oxygen atoms in total. The second-order valence-corrected chi connectivity index (χ2v) is 6.66. The molecule has 128 valence electrons. The number of aromatic nitrogens is 2. The number of hydrogen-bond acceptors (Lipinski definition) is 5. The Kier molecular flexibility index (Phi) is 4.81. The summed E-state index contributed by atoms with van der Waals surface area (Å²) in [6.07, 6.45) is 1.73. The molecule has 1 amide bonds. The number of benzene rings is 1. The van der Waals surface area contributed by atoms with Gasteiger partial charge in [-0.1, -0.05) is 30.3 Å². The van der Waals surface area contributed by atoms with Crippen LogP contribution < -0.4 is 10.1 Å². The van der Waals surface area contributed by atoms with Crippen LogP contribution in [0.15, 0.2) is 54.0 Å². The van der Waals surface area contributed by atoms with Gasteiger partial charge in [0, 0.05) is 30.1 Å². The number of nitrogens with one attached hydrogen (secondary N) is 1. The lowest BCUT2D eigenvalue weighted by Crippen LogP contribution is -2.43. The lowest BCUT2D eigenvalue weighted by Gasteiger charge is -2.29. The van der Waals surface area contributed by atoms with E-state index in [-0.39, 0.29) is 5.91 Å². The van der Waals surface area contributed by atoms with E-state index in [0.29, 0.717) is 5.88 Å². The van der Waals surface area contributed by atoms with Crippen molar-refractivity contribution >= 4 is 17.2 Å². The topological polar surface area (TPSA) is 64.1 Å². The Hall–Kier alpha value is -2.73. The van der Waals surface area contributed by atoms with Gasteiger partial charge in [-0.15, -0.1) is 11.3 Å². The molecular weight excluding hydrogens is 334 g/mol. The van der Waals surface area contributed by atoms with Crippen LogP contribution >= 0.6 is 11.3 Å². The predicted octanol–water partition coefficient (Wildman–Crippen LogP) is 3.61. The summed E-state index contributed by atoms with van der Waals surface area (Å²) in [7, 11) is 1.58. The van der Waals surface area contributed by atoms with Crippen molar-refractivity contribution in [3.05, 3.63) is 64.6 Å². The van der Waals surface area contributed by atoms with E-state index in [4.69, 9.17) is 9.72 Å². The molecule has 0 saturated carbocycles. The summed E-state index contributed by atoms with van der Waals surface area (Å²) in [4.78, 5) is 20.8. The molecule has 1 aromatic carbocycles. The maximum atomic E-state index is 11.8. The number of carbonyl (C=O) groups is 1. The molecule has 6 heteroatoms. The lowest BCUT2D eigenvalue weighted by molar-refractivity contribution is -0.120. The highest BCUT2D eigenvalue weighted by molar-refractivity contribution is 7.10. The first kappa shape index (κ1) is 17.1. The van der Waals surface area contributed by atoms with Crippen LogP contribution in [0.2, 0.25) is 0 Å². The molecule has 1 atom stereocenters. The number of ether oxygens (including phenoxy) is 1. The minimum Gasteiger partial charge on any atom is -0.481 e. The monoisotopic (exact) mass is 353 g/mol. The van der Waals surface area contributed by atoms with Crippen molar-refractivity contribution in [3.8, 4) is 17.1 Å². The van der Waals surface area contributed by atoms with Gasteiger partial charge in [-0.3, -0.25) is 4.79 Å². The van der Waals surface area contributed by atoms with Gasteiger partial charge in [-0.2, -0.15) is 0 Å². The quantitative estimate of drug-likeness (QED) is 0.761. The van der Waals surface area contributed by atoms with E-state index in [1.165, 1.54) is 18.3 Å². The second kappa shape index (κ2) is 7.03. The fraction of sp³-hybridized carbons (Fsp3) is 0.211. The predicted molar refractivity (Wildman–Crippen MR) is 98.6 cm³/mol. The molecule has 1 N–H and O–H groups in total. The molecule has 0 aliphatic carbocycles. The van der Waals surface area contributed by atoms with Crippen molar-refractivity contribution < 1.29 is 9.53 Å². The van der Waals surface area contributed by atoms with Crippen molar-refractivity contribution in [2.45, 2.75) is 19.4 Å². The minimum atomic E-state index is -0.685. The number of hydrogen-bond donors (Lipinski definition) is 1. The normalized spacial score (nSPS) is 13.1. The van der Waals surface area contributed by atoms with E-state index in [0.717, 1.165) is 21.8 Å². The van der Waals surface area contributed by atoms with E-state index in [2.05, 4.69) is 10.3 Å². The molecule has 2 heterocycles. The summed E-state index contributed by atoms with van der Waals surface area (Å²) in [5, 5.41) is 5.84. The van der Waals surface area contributed by atoms with Gasteiger partial charge in [0.15, 0.2) is 0 Å². The van der Waals surface area contributed by atoms with Gasteiger partial charge in [-0.25, -0.2) is 9.97 Å². The average molecular weight is 353 g/mol. The summed E-state index contributed by atoms with van der Waals surface area (Å²) in [5.74, 6) is 0.459. The molecule has 3 aromatic rings. The number of nitrogens with zero attached hydrogens (tertiary/aromatic N) is 2. The largest absolute Gasteiger partial charge is 0.481 e. The third-order valence-electron chi connectivity index (χ3n) is 3.95. The Bertz CT molecular complexity index is 862. The Balaban J connectivity index is 2.00. The Morgan fingerprint density at radius 2 is 1.96 bits per heavy atom. The minimum absolute atomic E-state index is 0.103. The number of pyridine rings is 1. The fourth-order valence-corrected chi connectivity index (χ4v) is 3.63. The Morgan fingerprint density at radius 3 is 2.56 bits per heavy atom. The van der Waals surface area contributed by atoms with Gasteiger partial charge in [0.2, 0.25) is 11.8 Å². The summed E-state index contributed by atoms with van der Waals surface area (Å²) in [6.45, 7) is 3.49. The number of methoxy groups -OCH3 is 1. The molecule has 0 spiro atoms. The van der Waals surface area contributed by atoms with Gasteiger partial charge in [0.25, 0.3) is 0 Å². The van der Waals surface area contributed by atoms with E-state index >= 15 is 0 Å². The van der Waals surface area contributed by atoms with Gasteiger partial charge >= 0.3 is 0 Å². The second-order valence-electron chi connectivity index (χ2n) is 5.80. The number of rotatable bonds is 5. The van der Waals surface area contributed by atoms with Crippen LogP contribution in [0, 0.1) is 0 Å². The fourth-order valence-electron chi connectivity index (χ4n) is 2.66. The van der Waals surface area contributed by atoms with E-state index in [9.17, 15) is 4.79 Å². The van der Waals surface area contributed by atoms with Crippen LogP contribution in [-0.2, 0) is 10.3 Å². The smallest absolute Gasteiger partial charge is 0.217 e. The van der Waals surface area contributed by atoms with Gasteiger partial charge in [-0.05, 0) is 18.6 Å². The van der Waals surface area contributed by atoms with Crippen molar-refractivity contribution in [1.29, 1.82) is 0 Å². The highest BCUT2D eigenvalue weighted by Crippen LogP contribution is 2.34. The summed E-state index contributed by atoms with van der Waals surface area (Å²) >= 11 is 1.51. The molecule has 1 unspecified atom stereocenters. The zero-order valence-corrected chi connectivity index (χ0v) is 15.1. The highest BCUT2D eigenvalue weighted by atomic mass is 32.1. The first-order valence-electron chi connectivity index (χ1n) is 7.83. The van der Waals surface area contributed by atoms with Crippen molar-refractivity contribution in [1.82, 2.24) is 15.3 Å². The molecule has 0 bridgehead atoms. The first-order valence-corrected chi connectivity index (χ1v) is 8.71. The summed E-state index contributed by atoms with van der Waals surface area (Å²) in [6, 6.07) is 13.6. The molecular formula is C19H19N3O2S. The number of amides is 1. The van der Waals surface area contributed by atoms with Crippen LogP contribution in [0.5, 0.6) is 5.88 Å². The van der Waals surface area contributed by atoms with E-state index in [1.54, 1.807) is 19.4 Å². The van der Waals surface area contributed by atoms with E-state index in [1.807, 2.05) is 48.7 Å². The van der Waals surface area contributed by atoms with Crippen molar-refractivity contribution in [3.63, 3.8) is 0 Å². The van der Waals surface area contributed by atoms with Crippen LogP contribution in [-0.4, -0.2) is 23.0 Å². The zero-order chi connectivity index (χ0) is 17.9. The lowest BCUT2D eigenvalue weighted by atomic mass is 9.92. The molecule has 0 radical (unpaired) electrons. The molecule has 0 aliphatic rings. The maximum absolute atomic E-state index is 11.8. The van der Waals surface area contributed by atoms with Gasteiger partial charge < -0.3 is 10.1 Å². The zero-order valence-electron chi connectivity index (χ0n) is 14.3. The maximum Gasteiger partial charge on any atom is 0.217 e. The van der Waals surface area contributed by atoms with Crippen LogP contribution in [0.3, 0.4) is 0 Å². The standard InChI is InChI=1S/C19H19N3O2S/c1-13(23)22-19(2,15-7-5-4-6-8-15)18-21-16(12-25-18)14-9-10-17(24-3)20-11-14/h4-12H,1-3H3,(H,22,23). The Morgan fingerprint density at radius 1 is 1.20 bits per heavy atom. The van der Waals surface area contributed by atoms with Gasteiger partial charge in [0.1, 0.15) is 10.5 Å². The molecule has 25 heavy (non-hydrogen) atoms. The number of thiazole rings is 1. The molecule has 0 aliphatic heterocycles. The molecule has 3 rings (SSSR count). The SMILES string of the molecule is COc1ccc(-c2csc(C(C)(NC(C)=O)c3ccccc3)n2)cn1. The van der Waals surface area contributed by atoms with E-state index < -0.39 is 5.54 Å². The van der Waals surface area contributed by atoms with Crippen molar-refractivity contribution in [2.24, 2.45) is 0 Å². The van der Waals surface area contributed by atoms with Crippen LogP contribution in [0.4, 0.5) is 0 Å². The first-order chi connectivity index (χ1) is 12.0. The molecule has 2 aromatic heterocycles. The van der Waals surface area contributed by atoms with Crippen LogP contribution in [0.1, 0.15) is 24.4 Å². The average Bonchev–Trinajstić information content (AvgIpc) is 3.13. The third-order valence-corrected chi connectivity index (χ3v) is 5.01. The third kappa shape index (κ3) is 3.53. The van der Waals surface area contributed by atoms with Gasteiger partial charge in [0.05, 0.1) is 12.8 Å². The Labute approximate surface area is 150 Å².